The molecule has 0 aromatic heterocycles. The minimum Gasteiger partial charge on any atom is -0.318 e. The SMILES string of the molecule is N#CCCCCN1OCC(N)C1=O. The van der Waals surface area contributed by atoms with Crippen molar-refractivity contribution in [1.29, 1.82) is 5.26 Å². The first-order chi connectivity index (χ1) is 6.25. The smallest absolute Gasteiger partial charge is 0.265 e. The molecule has 1 rings (SSSR count). The van der Waals surface area contributed by atoms with Crippen LogP contribution in [0.5, 0.6) is 0 Å². The van der Waals surface area contributed by atoms with E-state index < -0.39 is 6.04 Å². The van der Waals surface area contributed by atoms with E-state index in [-0.39, 0.29) is 12.5 Å². The van der Waals surface area contributed by atoms with Gasteiger partial charge in [-0.1, -0.05) is 0 Å². The highest BCUT2D eigenvalue weighted by molar-refractivity contribution is 5.82. The van der Waals surface area contributed by atoms with Crippen LogP contribution >= 0.6 is 0 Å². The molecule has 2 N–H and O–H groups in total. The topological polar surface area (TPSA) is 79.3 Å². The average molecular weight is 183 g/mol. The Kier molecular flexibility index (Phi) is 3.68. The molecule has 0 bridgehead atoms. The lowest BCUT2D eigenvalue weighted by Crippen LogP contribution is -2.34. The second kappa shape index (κ2) is 4.80. The highest BCUT2D eigenvalue weighted by Gasteiger charge is 2.29. The molecule has 0 saturated carbocycles. The second-order valence-corrected chi connectivity index (χ2v) is 2.96. The molecule has 5 nitrogen and oxygen atoms in total. The predicted molar refractivity (Wildman–Crippen MR) is 45.1 cm³/mol. The van der Waals surface area contributed by atoms with E-state index in [2.05, 4.69) is 0 Å². The van der Waals surface area contributed by atoms with Gasteiger partial charge in [0.1, 0.15) is 6.04 Å². The van der Waals surface area contributed by atoms with Crippen molar-refractivity contribution in [2.24, 2.45) is 5.73 Å². The van der Waals surface area contributed by atoms with Crippen LogP contribution in [0.1, 0.15) is 19.3 Å². The van der Waals surface area contributed by atoms with Gasteiger partial charge in [-0.2, -0.15) is 5.26 Å². The molecular formula is C8H13N3O2. The minimum atomic E-state index is -0.504. The van der Waals surface area contributed by atoms with Gasteiger partial charge >= 0.3 is 0 Å². The van der Waals surface area contributed by atoms with Crippen molar-refractivity contribution in [3.8, 4) is 6.07 Å². The molecule has 13 heavy (non-hydrogen) atoms. The number of hydrogen-bond acceptors (Lipinski definition) is 4. The maximum absolute atomic E-state index is 11.2. The minimum absolute atomic E-state index is 0.156. The van der Waals surface area contributed by atoms with Gasteiger partial charge in [0, 0.05) is 13.0 Å². The van der Waals surface area contributed by atoms with Gasteiger partial charge in [-0.15, -0.1) is 0 Å². The van der Waals surface area contributed by atoms with Crippen molar-refractivity contribution in [1.82, 2.24) is 5.06 Å². The molecule has 1 aliphatic heterocycles. The van der Waals surface area contributed by atoms with Crippen LogP contribution in [0.25, 0.3) is 0 Å². The van der Waals surface area contributed by atoms with Crippen molar-refractivity contribution < 1.29 is 9.63 Å². The van der Waals surface area contributed by atoms with Crippen molar-refractivity contribution >= 4 is 5.91 Å². The van der Waals surface area contributed by atoms with Crippen molar-refractivity contribution in [3.05, 3.63) is 0 Å². The zero-order chi connectivity index (χ0) is 9.68. The van der Waals surface area contributed by atoms with Crippen molar-refractivity contribution in [2.75, 3.05) is 13.2 Å². The number of hydrogen-bond donors (Lipinski definition) is 1. The van der Waals surface area contributed by atoms with Gasteiger partial charge in [0.15, 0.2) is 0 Å². The van der Waals surface area contributed by atoms with E-state index >= 15 is 0 Å². The predicted octanol–water partition coefficient (Wildman–Crippen LogP) is -0.219. The van der Waals surface area contributed by atoms with Gasteiger partial charge in [-0.05, 0) is 12.8 Å². The Balaban J connectivity index is 2.16. The number of carbonyl (C=O) groups excluding carboxylic acids is 1. The van der Waals surface area contributed by atoms with E-state index in [1.165, 1.54) is 5.06 Å². The molecule has 1 atom stereocenters. The van der Waals surface area contributed by atoms with E-state index in [0.29, 0.717) is 13.0 Å². The van der Waals surface area contributed by atoms with E-state index in [9.17, 15) is 4.79 Å². The molecule has 72 valence electrons. The Morgan fingerprint density at radius 3 is 3.00 bits per heavy atom. The Morgan fingerprint density at radius 2 is 2.46 bits per heavy atom. The fourth-order valence-corrected chi connectivity index (χ4v) is 1.12. The summed E-state index contributed by atoms with van der Waals surface area (Å²) in [6.45, 7) is 0.811. The van der Waals surface area contributed by atoms with Gasteiger partial charge in [-0.25, -0.2) is 5.06 Å². The molecule has 0 spiro atoms. The Hall–Kier alpha value is -1.12. The summed E-state index contributed by atoms with van der Waals surface area (Å²) in [5.41, 5.74) is 5.43. The molecule has 1 amide bonds. The van der Waals surface area contributed by atoms with Crippen LogP contribution in [0.2, 0.25) is 0 Å². The van der Waals surface area contributed by atoms with Crippen LogP contribution in [0, 0.1) is 11.3 Å². The molecule has 1 heterocycles. The summed E-state index contributed by atoms with van der Waals surface area (Å²) in [6.07, 6.45) is 2.10. The summed E-state index contributed by atoms with van der Waals surface area (Å²) < 4.78 is 0. The highest BCUT2D eigenvalue weighted by Crippen LogP contribution is 2.07. The van der Waals surface area contributed by atoms with Crippen molar-refractivity contribution in [3.63, 3.8) is 0 Å². The summed E-state index contributed by atoms with van der Waals surface area (Å²) in [4.78, 5) is 16.2. The summed E-state index contributed by atoms with van der Waals surface area (Å²) in [7, 11) is 0. The zero-order valence-electron chi connectivity index (χ0n) is 7.40. The number of rotatable bonds is 4. The maximum Gasteiger partial charge on any atom is 0.265 e. The highest BCUT2D eigenvalue weighted by atomic mass is 16.7. The molecule has 5 heteroatoms. The lowest BCUT2D eigenvalue weighted by Gasteiger charge is -2.12. The normalized spacial score (nSPS) is 22.0. The van der Waals surface area contributed by atoms with Gasteiger partial charge < -0.3 is 5.73 Å². The second-order valence-electron chi connectivity index (χ2n) is 2.96. The number of nitrogens with two attached hydrogens (primary N) is 1. The number of nitrogens with zero attached hydrogens (tertiary/aromatic N) is 2. The number of carbonyl (C=O) groups is 1. The van der Waals surface area contributed by atoms with Crippen LogP contribution in [-0.4, -0.2) is 30.2 Å². The Labute approximate surface area is 77.0 Å². The monoisotopic (exact) mass is 183 g/mol. The van der Waals surface area contributed by atoms with Crippen LogP contribution in [0.4, 0.5) is 0 Å². The molecule has 1 unspecified atom stereocenters. The summed E-state index contributed by atoms with van der Waals surface area (Å²) in [5.74, 6) is -0.156. The zero-order valence-corrected chi connectivity index (χ0v) is 7.40. The maximum atomic E-state index is 11.2. The molecule has 0 aromatic carbocycles. The van der Waals surface area contributed by atoms with Crippen LogP contribution < -0.4 is 5.73 Å². The van der Waals surface area contributed by atoms with E-state index in [4.69, 9.17) is 15.8 Å². The van der Waals surface area contributed by atoms with Crippen LogP contribution in [0.3, 0.4) is 0 Å². The summed E-state index contributed by atoms with van der Waals surface area (Å²) >= 11 is 0. The quantitative estimate of drug-likeness (QED) is 0.611. The molecule has 1 fully saturated rings. The molecule has 0 aliphatic carbocycles. The summed E-state index contributed by atoms with van der Waals surface area (Å²) in [6, 6.07) is 1.54. The molecule has 0 aromatic rings. The van der Waals surface area contributed by atoms with Gasteiger partial charge in [0.05, 0.1) is 12.7 Å². The largest absolute Gasteiger partial charge is 0.318 e. The van der Waals surface area contributed by atoms with Crippen LogP contribution in [-0.2, 0) is 9.63 Å². The van der Waals surface area contributed by atoms with E-state index in [1.807, 2.05) is 6.07 Å². The third-order valence-corrected chi connectivity index (χ3v) is 1.87. The van der Waals surface area contributed by atoms with Crippen LogP contribution in [0.15, 0.2) is 0 Å². The third-order valence-electron chi connectivity index (χ3n) is 1.87. The van der Waals surface area contributed by atoms with Crippen molar-refractivity contribution in [2.45, 2.75) is 25.3 Å². The fourth-order valence-electron chi connectivity index (χ4n) is 1.12. The van der Waals surface area contributed by atoms with Gasteiger partial charge in [0.2, 0.25) is 0 Å². The first-order valence-corrected chi connectivity index (χ1v) is 4.32. The lowest BCUT2D eigenvalue weighted by molar-refractivity contribution is -0.161. The van der Waals surface area contributed by atoms with Gasteiger partial charge in [-0.3, -0.25) is 9.63 Å². The Morgan fingerprint density at radius 1 is 1.69 bits per heavy atom. The van der Waals surface area contributed by atoms with E-state index in [0.717, 1.165) is 12.8 Å². The third kappa shape index (κ3) is 2.68. The lowest BCUT2D eigenvalue weighted by atomic mass is 10.2. The number of unbranched alkanes of at least 4 members (excludes halogenated alkanes) is 2. The summed E-state index contributed by atoms with van der Waals surface area (Å²) in [5, 5.41) is 9.56. The average Bonchev–Trinajstić information content (AvgIpc) is 2.43. The first-order valence-electron chi connectivity index (χ1n) is 4.32. The number of amides is 1. The van der Waals surface area contributed by atoms with E-state index in [1.54, 1.807) is 0 Å². The molecule has 1 aliphatic rings. The molecule has 0 radical (unpaired) electrons. The standard InChI is InChI=1S/C8H13N3O2/c9-4-2-1-3-5-11-8(12)7(10)6-13-11/h7H,1-3,5-6,10H2. The molecule has 1 saturated heterocycles. The number of nitriles is 1. The fraction of sp³-hybridized carbons (Fsp3) is 0.750. The molecular weight excluding hydrogens is 170 g/mol. The Bertz CT molecular complexity index is 224. The van der Waals surface area contributed by atoms with Gasteiger partial charge in [0.25, 0.3) is 5.91 Å². The number of hydroxylamine groups is 2. The first kappa shape index (κ1) is 9.96.